The third-order valence-electron chi connectivity index (χ3n) is 3.56. The van der Waals surface area contributed by atoms with Crippen molar-refractivity contribution in [2.75, 3.05) is 26.2 Å². The van der Waals surface area contributed by atoms with E-state index in [4.69, 9.17) is 4.52 Å². The van der Waals surface area contributed by atoms with Crippen LogP contribution >= 0.6 is 0 Å². The van der Waals surface area contributed by atoms with Crippen LogP contribution in [0.5, 0.6) is 0 Å². The minimum Gasteiger partial charge on any atom is -0.339 e. The molecule has 1 aliphatic heterocycles. The van der Waals surface area contributed by atoms with Gasteiger partial charge in [-0.3, -0.25) is 4.90 Å². The summed E-state index contributed by atoms with van der Waals surface area (Å²) in [5.74, 6) is 1.48. The Balaban J connectivity index is 1.60. The molecule has 1 saturated heterocycles. The monoisotopic (exact) mass is 272 g/mol. The number of hydrogen-bond acceptors (Lipinski definition) is 5. The van der Waals surface area contributed by atoms with Crippen molar-refractivity contribution < 1.29 is 4.52 Å². The van der Waals surface area contributed by atoms with Crippen LogP contribution in [-0.2, 0) is 13.0 Å². The van der Waals surface area contributed by atoms with Crippen LogP contribution in [0.25, 0.3) is 0 Å². The van der Waals surface area contributed by atoms with Crippen molar-refractivity contribution in [2.24, 2.45) is 0 Å². The average Bonchev–Trinajstić information content (AvgIpc) is 2.90. The summed E-state index contributed by atoms with van der Waals surface area (Å²) in [6.07, 6.45) is 0.703. The predicted octanol–water partition coefficient (Wildman–Crippen LogP) is 1.37. The van der Waals surface area contributed by atoms with E-state index in [0.29, 0.717) is 12.3 Å². The molecule has 106 valence electrons. The molecule has 1 aromatic carbocycles. The number of nitrogens with zero attached hydrogens (tertiary/aromatic N) is 3. The molecule has 5 heteroatoms. The lowest BCUT2D eigenvalue weighted by Crippen LogP contribution is -2.43. The molecule has 20 heavy (non-hydrogen) atoms. The maximum Gasteiger partial charge on any atom is 0.231 e. The maximum absolute atomic E-state index is 5.34. The molecule has 0 saturated carbocycles. The summed E-state index contributed by atoms with van der Waals surface area (Å²) in [5, 5.41) is 7.41. The van der Waals surface area contributed by atoms with Crippen molar-refractivity contribution in [3.8, 4) is 0 Å². The lowest BCUT2D eigenvalue weighted by atomic mass is 10.1. The first kappa shape index (κ1) is 13.3. The molecule has 1 fully saturated rings. The van der Waals surface area contributed by atoms with Gasteiger partial charge in [0.1, 0.15) is 0 Å². The molecule has 0 aliphatic carbocycles. The largest absolute Gasteiger partial charge is 0.339 e. The number of aromatic nitrogens is 2. The Labute approximate surface area is 119 Å². The van der Waals surface area contributed by atoms with Gasteiger partial charge in [-0.05, 0) is 12.5 Å². The number of rotatable bonds is 4. The number of piperazine rings is 1. The fourth-order valence-electron chi connectivity index (χ4n) is 2.38. The molecule has 1 N–H and O–H groups in total. The Morgan fingerprint density at radius 3 is 2.70 bits per heavy atom. The van der Waals surface area contributed by atoms with Gasteiger partial charge >= 0.3 is 0 Å². The van der Waals surface area contributed by atoms with E-state index in [-0.39, 0.29) is 0 Å². The molecular formula is C15H20N4O. The highest BCUT2D eigenvalue weighted by molar-refractivity contribution is 5.23. The highest BCUT2D eigenvalue weighted by Gasteiger charge is 2.14. The number of nitrogens with one attached hydrogen (secondary N) is 1. The molecule has 0 atom stereocenters. The van der Waals surface area contributed by atoms with Crippen LogP contribution < -0.4 is 5.32 Å². The first-order valence-corrected chi connectivity index (χ1v) is 7.10. The van der Waals surface area contributed by atoms with Crippen molar-refractivity contribution in [1.82, 2.24) is 20.4 Å². The minimum atomic E-state index is 0.694. The Morgan fingerprint density at radius 1 is 1.20 bits per heavy atom. The zero-order chi connectivity index (χ0) is 13.8. The van der Waals surface area contributed by atoms with E-state index >= 15 is 0 Å². The van der Waals surface area contributed by atoms with Crippen LogP contribution in [0.4, 0.5) is 0 Å². The van der Waals surface area contributed by atoms with Gasteiger partial charge in [0.25, 0.3) is 0 Å². The van der Waals surface area contributed by atoms with Crippen molar-refractivity contribution in [3.05, 3.63) is 47.1 Å². The van der Waals surface area contributed by atoms with Gasteiger partial charge in [-0.15, -0.1) is 0 Å². The first-order chi connectivity index (χ1) is 9.79. The van der Waals surface area contributed by atoms with E-state index in [9.17, 15) is 0 Å². The standard InChI is InChI=1S/C15H20N4O/c1-12-2-4-13(5-3-12)10-15-17-14(18-20-15)11-19-8-6-16-7-9-19/h2-5,16H,6-11H2,1H3. The summed E-state index contributed by atoms with van der Waals surface area (Å²) in [4.78, 5) is 6.83. The highest BCUT2D eigenvalue weighted by Crippen LogP contribution is 2.10. The molecule has 2 heterocycles. The van der Waals surface area contributed by atoms with Crippen LogP contribution in [0.1, 0.15) is 22.8 Å². The smallest absolute Gasteiger partial charge is 0.231 e. The third kappa shape index (κ3) is 3.43. The normalized spacial score (nSPS) is 16.4. The number of aryl methyl sites for hydroxylation is 1. The van der Waals surface area contributed by atoms with Crippen molar-refractivity contribution in [3.63, 3.8) is 0 Å². The maximum atomic E-state index is 5.34. The van der Waals surface area contributed by atoms with Crippen LogP contribution in [-0.4, -0.2) is 41.2 Å². The van der Waals surface area contributed by atoms with Gasteiger partial charge in [-0.25, -0.2) is 0 Å². The van der Waals surface area contributed by atoms with Crippen LogP contribution in [0.15, 0.2) is 28.8 Å². The van der Waals surface area contributed by atoms with E-state index in [2.05, 4.69) is 51.5 Å². The second-order valence-electron chi connectivity index (χ2n) is 5.29. The topological polar surface area (TPSA) is 54.2 Å². The number of benzene rings is 1. The molecule has 0 spiro atoms. The summed E-state index contributed by atoms with van der Waals surface area (Å²) in [7, 11) is 0. The van der Waals surface area contributed by atoms with E-state index in [1.54, 1.807) is 0 Å². The second-order valence-corrected chi connectivity index (χ2v) is 5.29. The summed E-state index contributed by atoms with van der Waals surface area (Å²) >= 11 is 0. The van der Waals surface area contributed by atoms with Gasteiger partial charge < -0.3 is 9.84 Å². The average molecular weight is 272 g/mol. The summed E-state index contributed by atoms with van der Waals surface area (Å²) in [6.45, 7) is 7.02. The van der Waals surface area contributed by atoms with Gasteiger partial charge in [-0.2, -0.15) is 4.98 Å². The van der Waals surface area contributed by atoms with Crippen LogP contribution in [0.3, 0.4) is 0 Å². The highest BCUT2D eigenvalue weighted by atomic mass is 16.5. The van der Waals surface area contributed by atoms with Crippen LogP contribution in [0.2, 0.25) is 0 Å². The molecule has 5 nitrogen and oxygen atoms in total. The van der Waals surface area contributed by atoms with Gasteiger partial charge in [0.2, 0.25) is 5.89 Å². The zero-order valence-electron chi connectivity index (χ0n) is 11.8. The molecule has 0 amide bonds. The summed E-state index contributed by atoms with van der Waals surface area (Å²) < 4.78 is 5.34. The predicted molar refractivity (Wildman–Crippen MR) is 76.4 cm³/mol. The SMILES string of the molecule is Cc1ccc(Cc2nc(CN3CCNCC3)no2)cc1. The Morgan fingerprint density at radius 2 is 1.95 bits per heavy atom. The lowest BCUT2D eigenvalue weighted by Gasteiger charge is -2.25. The van der Waals surface area contributed by atoms with Crippen molar-refractivity contribution in [1.29, 1.82) is 0 Å². The number of hydrogen-bond donors (Lipinski definition) is 1. The van der Waals surface area contributed by atoms with E-state index in [1.165, 1.54) is 11.1 Å². The molecule has 0 radical (unpaired) electrons. The third-order valence-corrected chi connectivity index (χ3v) is 3.56. The van der Waals surface area contributed by atoms with Crippen molar-refractivity contribution in [2.45, 2.75) is 19.9 Å². The second kappa shape index (κ2) is 6.15. The minimum absolute atomic E-state index is 0.694. The first-order valence-electron chi connectivity index (χ1n) is 7.10. The summed E-state index contributed by atoms with van der Waals surface area (Å²) in [5.41, 5.74) is 2.46. The zero-order valence-corrected chi connectivity index (χ0v) is 11.8. The van der Waals surface area contributed by atoms with E-state index in [0.717, 1.165) is 38.5 Å². The Bertz CT molecular complexity index is 543. The van der Waals surface area contributed by atoms with Gasteiger partial charge in [0.15, 0.2) is 5.82 Å². The van der Waals surface area contributed by atoms with E-state index in [1.807, 2.05) is 0 Å². The van der Waals surface area contributed by atoms with E-state index < -0.39 is 0 Å². The Hall–Kier alpha value is -1.72. The molecule has 1 aromatic heterocycles. The van der Waals surface area contributed by atoms with Gasteiger partial charge in [0.05, 0.1) is 13.0 Å². The molecule has 0 unspecified atom stereocenters. The quantitative estimate of drug-likeness (QED) is 0.911. The fraction of sp³-hybridized carbons (Fsp3) is 0.467. The summed E-state index contributed by atoms with van der Waals surface area (Å²) in [6, 6.07) is 8.42. The molecule has 2 aromatic rings. The molecule has 0 bridgehead atoms. The van der Waals surface area contributed by atoms with Crippen molar-refractivity contribution >= 4 is 0 Å². The lowest BCUT2D eigenvalue weighted by molar-refractivity contribution is 0.224. The molecule has 3 rings (SSSR count). The molecule has 1 aliphatic rings. The fourth-order valence-corrected chi connectivity index (χ4v) is 2.38. The van der Waals surface area contributed by atoms with Gasteiger partial charge in [-0.1, -0.05) is 35.0 Å². The Kier molecular flexibility index (Phi) is 4.08. The molecular weight excluding hydrogens is 252 g/mol. The van der Waals surface area contributed by atoms with Gasteiger partial charge in [0, 0.05) is 26.2 Å². The van der Waals surface area contributed by atoms with Crippen LogP contribution in [0, 0.1) is 6.92 Å².